The smallest absolute Gasteiger partial charge is 0.249 e. The van der Waals surface area contributed by atoms with Gasteiger partial charge in [0.05, 0.1) is 12.6 Å². The fourth-order valence-corrected chi connectivity index (χ4v) is 4.39. The summed E-state index contributed by atoms with van der Waals surface area (Å²) >= 11 is 0. The summed E-state index contributed by atoms with van der Waals surface area (Å²) in [4.78, 5) is 41.0. The summed E-state index contributed by atoms with van der Waals surface area (Å²) in [6.07, 6.45) is 0.793. The molecule has 1 aromatic heterocycles. The summed E-state index contributed by atoms with van der Waals surface area (Å²) in [5.41, 5.74) is 3.01. The molecular formula is C30H34N6O4. The van der Waals surface area contributed by atoms with Crippen molar-refractivity contribution in [3.05, 3.63) is 78.4 Å². The third-order valence-corrected chi connectivity index (χ3v) is 6.38. The van der Waals surface area contributed by atoms with Crippen molar-refractivity contribution in [1.82, 2.24) is 20.3 Å². The van der Waals surface area contributed by atoms with Crippen LogP contribution in [-0.2, 0) is 20.9 Å². The average molecular weight is 543 g/mol. The van der Waals surface area contributed by atoms with E-state index in [1.165, 1.54) is 16.5 Å². The lowest BCUT2D eigenvalue weighted by molar-refractivity contribution is -0.127. The molecule has 0 saturated carbocycles. The summed E-state index contributed by atoms with van der Waals surface area (Å²) < 4.78 is 6.96. The van der Waals surface area contributed by atoms with Crippen molar-refractivity contribution in [1.29, 1.82) is 0 Å². The second-order valence-electron chi connectivity index (χ2n) is 9.88. The van der Waals surface area contributed by atoms with Crippen LogP contribution in [0.5, 0.6) is 5.75 Å². The number of aromatic nitrogens is 3. The summed E-state index contributed by atoms with van der Waals surface area (Å²) in [6, 6.07) is 20.3. The molecule has 4 aromatic rings. The van der Waals surface area contributed by atoms with E-state index in [2.05, 4.69) is 34.8 Å². The standard InChI is InChI=1S/C30H34N6O4/c1-20(2)16-17-31-30(39)29(22-8-7-9-25(18-22)40-4)36(24-14-12-23(13-15-24)32-21(3)37)28(38)19-35-27-11-6-5-10-26(27)33-34-35/h5-15,18,20,29H,16-17,19H2,1-4H3,(H,31,39)(H,32,37)/t29-/m1/s1. The van der Waals surface area contributed by atoms with Crippen LogP contribution in [-0.4, -0.2) is 46.4 Å². The van der Waals surface area contributed by atoms with E-state index in [1.54, 1.807) is 55.6 Å². The number of fused-ring (bicyclic) bond motifs is 1. The Morgan fingerprint density at radius 3 is 2.45 bits per heavy atom. The lowest BCUT2D eigenvalue weighted by Crippen LogP contribution is -2.45. The van der Waals surface area contributed by atoms with Gasteiger partial charge in [0.1, 0.15) is 23.9 Å². The van der Waals surface area contributed by atoms with E-state index < -0.39 is 6.04 Å². The number of methoxy groups -OCH3 is 1. The summed E-state index contributed by atoms with van der Waals surface area (Å²) in [7, 11) is 1.55. The molecule has 1 atom stereocenters. The van der Waals surface area contributed by atoms with Crippen LogP contribution in [0.1, 0.15) is 38.8 Å². The number of nitrogens with zero attached hydrogens (tertiary/aromatic N) is 4. The van der Waals surface area contributed by atoms with Crippen LogP contribution in [0, 0.1) is 5.92 Å². The minimum atomic E-state index is -1.00. The quantitative estimate of drug-likeness (QED) is 0.291. The Labute approximate surface area is 233 Å². The normalized spacial score (nSPS) is 11.7. The molecule has 0 unspecified atom stereocenters. The highest BCUT2D eigenvalue weighted by Crippen LogP contribution is 2.31. The first kappa shape index (κ1) is 28.3. The molecule has 0 bridgehead atoms. The van der Waals surface area contributed by atoms with E-state index in [1.807, 2.05) is 24.3 Å². The van der Waals surface area contributed by atoms with Crippen molar-refractivity contribution < 1.29 is 19.1 Å². The summed E-state index contributed by atoms with van der Waals surface area (Å²) in [6.45, 7) is 5.91. The topological polar surface area (TPSA) is 118 Å². The second-order valence-corrected chi connectivity index (χ2v) is 9.88. The predicted molar refractivity (Wildman–Crippen MR) is 154 cm³/mol. The molecule has 2 N–H and O–H groups in total. The van der Waals surface area contributed by atoms with Gasteiger partial charge in [-0.15, -0.1) is 5.10 Å². The molecule has 0 aliphatic carbocycles. The van der Waals surface area contributed by atoms with E-state index in [4.69, 9.17) is 4.74 Å². The SMILES string of the molecule is COc1cccc([C@H](C(=O)NCCC(C)C)N(C(=O)Cn2nnc3ccccc32)c2ccc(NC(C)=O)cc2)c1. The largest absolute Gasteiger partial charge is 0.497 e. The van der Waals surface area contributed by atoms with Gasteiger partial charge in [0.2, 0.25) is 17.7 Å². The van der Waals surface area contributed by atoms with E-state index in [9.17, 15) is 14.4 Å². The maximum absolute atomic E-state index is 14.1. The van der Waals surface area contributed by atoms with Gasteiger partial charge in [-0.3, -0.25) is 19.3 Å². The summed E-state index contributed by atoms with van der Waals surface area (Å²) in [5, 5.41) is 14.1. The van der Waals surface area contributed by atoms with Crippen LogP contribution >= 0.6 is 0 Å². The van der Waals surface area contributed by atoms with Crippen LogP contribution in [0.25, 0.3) is 11.0 Å². The molecular weight excluding hydrogens is 508 g/mol. The fraction of sp³-hybridized carbons (Fsp3) is 0.300. The fourth-order valence-electron chi connectivity index (χ4n) is 4.39. The maximum Gasteiger partial charge on any atom is 0.249 e. The highest BCUT2D eigenvalue weighted by atomic mass is 16.5. The van der Waals surface area contributed by atoms with Gasteiger partial charge in [0.15, 0.2) is 0 Å². The predicted octanol–water partition coefficient (Wildman–Crippen LogP) is 4.34. The van der Waals surface area contributed by atoms with Crippen molar-refractivity contribution >= 4 is 40.1 Å². The van der Waals surface area contributed by atoms with Gasteiger partial charge in [-0.05, 0) is 66.4 Å². The number of hydrogen-bond acceptors (Lipinski definition) is 6. The highest BCUT2D eigenvalue weighted by molar-refractivity contribution is 6.02. The van der Waals surface area contributed by atoms with Crippen LogP contribution in [0.3, 0.4) is 0 Å². The van der Waals surface area contributed by atoms with Crippen molar-refractivity contribution in [2.75, 3.05) is 23.9 Å². The van der Waals surface area contributed by atoms with Crippen molar-refractivity contribution in [3.63, 3.8) is 0 Å². The molecule has 3 amide bonds. The molecule has 0 radical (unpaired) electrons. The molecule has 208 valence electrons. The Morgan fingerprint density at radius 1 is 1.00 bits per heavy atom. The number of ether oxygens (including phenoxy) is 1. The zero-order valence-corrected chi connectivity index (χ0v) is 23.1. The van der Waals surface area contributed by atoms with E-state index in [0.29, 0.717) is 46.2 Å². The third kappa shape index (κ3) is 6.82. The second kappa shape index (κ2) is 12.9. The number of anilines is 2. The first-order valence-corrected chi connectivity index (χ1v) is 13.2. The number of rotatable bonds is 11. The Kier molecular flexibility index (Phi) is 9.11. The number of amides is 3. The zero-order chi connectivity index (χ0) is 28.6. The van der Waals surface area contributed by atoms with Gasteiger partial charge in [-0.25, -0.2) is 4.68 Å². The van der Waals surface area contributed by atoms with Gasteiger partial charge in [0, 0.05) is 24.8 Å². The number of nitrogens with one attached hydrogen (secondary N) is 2. The van der Waals surface area contributed by atoms with Crippen molar-refractivity contribution in [2.24, 2.45) is 5.92 Å². The van der Waals surface area contributed by atoms with Gasteiger partial charge < -0.3 is 15.4 Å². The van der Waals surface area contributed by atoms with Crippen LogP contribution < -0.4 is 20.3 Å². The zero-order valence-electron chi connectivity index (χ0n) is 23.1. The molecule has 1 heterocycles. The third-order valence-electron chi connectivity index (χ3n) is 6.38. The van der Waals surface area contributed by atoms with Gasteiger partial charge in [-0.2, -0.15) is 0 Å². The van der Waals surface area contributed by atoms with Crippen LogP contribution in [0.4, 0.5) is 11.4 Å². The van der Waals surface area contributed by atoms with Crippen LogP contribution in [0.2, 0.25) is 0 Å². The number of para-hydroxylation sites is 1. The Morgan fingerprint density at radius 2 is 1.75 bits per heavy atom. The van der Waals surface area contributed by atoms with Gasteiger partial charge in [0.25, 0.3) is 0 Å². The minimum absolute atomic E-state index is 0.145. The lowest BCUT2D eigenvalue weighted by Gasteiger charge is -2.32. The van der Waals surface area contributed by atoms with E-state index in [0.717, 1.165) is 6.42 Å². The van der Waals surface area contributed by atoms with E-state index >= 15 is 0 Å². The molecule has 10 nitrogen and oxygen atoms in total. The Balaban J connectivity index is 1.78. The minimum Gasteiger partial charge on any atom is -0.497 e. The maximum atomic E-state index is 14.1. The molecule has 0 aliphatic heterocycles. The average Bonchev–Trinajstić information content (AvgIpc) is 3.34. The van der Waals surface area contributed by atoms with Crippen molar-refractivity contribution in [2.45, 2.75) is 39.8 Å². The van der Waals surface area contributed by atoms with Gasteiger partial charge >= 0.3 is 0 Å². The summed E-state index contributed by atoms with van der Waals surface area (Å²) in [5.74, 6) is 0.0623. The number of benzene rings is 3. The number of carbonyl (C=O) groups is 3. The molecule has 0 aliphatic rings. The monoisotopic (exact) mass is 542 g/mol. The molecule has 0 fully saturated rings. The van der Waals surface area contributed by atoms with Crippen LogP contribution in [0.15, 0.2) is 72.8 Å². The molecule has 3 aromatic carbocycles. The first-order chi connectivity index (χ1) is 19.3. The number of carbonyl (C=O) groups excluding carboxylic acids is 3. The van der Waals surface area contributed by atoms with E-state index in [-0.39, 0.29) is 24.3 Å². The first-order valence-electron chi connectivity index (χ1n) is 13.2. The van der Waals surface area contributed by atoms with Crippen molar-refractivity contribution in [3.8, 4) is 5.75 Å². The lowest BCUT2D eigenvalue weighted by atomic mass is 10.0. The molecule has 40 heavy (non-hydrogen) atoms. The molecule has 0 spiro atoms. The highest BCUT2D eigenvalue weighted by Gasteiger charge is 2.33. The molecule has 4 rings (SSSR count). The number of hydrogen-bond donors (Lipinski definition) is 2. The Hall–Kier alpha value is -4.73. The van der Waals surface area contributed by atoms with Gasteiger partial charge in [-0.1, -0.05) is 43.3 Å². The molecule has 10 heteroatoms. The Bertz CT molecular complexity index is 1480. The molecule has 0 saturated heterocycles.